The van der Waals surface area contributed by atoms with E-state index < -0.39 is 80.0 Å². The van der Waals surface area contributed by atoms with Gasteiger partial charge in [-0.2, -0.15) is 0 Å². The van der Waals surface area contributed by atoms with Crippen LogP contribution in [0.1, 0.15) is 27.7 Å². The molecular weight excluding hydrogens is 639 g/mol. The van der Waals surface area contributed by atoms with E-state index in [9.17, 15) is 43.2 Å². The zero-order chi connectivity index (χ0) is 32.6. The third kappa shape index (κ3) is 40.2. The van der Waals surface area contributed by atoms with E-state index in [-0.39, 0.29) is 42.9 Å². The molecule has 0 aliphatic rings. The van der Waals surface area contributed by atoms with Gasteiger partial charge in [-0.3, -0.25) is 4.79 Å². The van der Waals surface area contributed by atoms with Gasteiger partial charge in [0, 0.05) is 49.8 Å². The molecule has 0 aromatic carbocycles. The summed E-state index contributed by atoms with van der Waals surface area (Å²) in [4.78, 5) is 90.9. The Bertz CT molecular complexity index is 850. The number of carbonyl (C=O) groups excluding carboxylic acids is 5. The number of Topliss-reactive ketones (excluding diaryl/α,β-unsaturated/α-hetero) is 1. The largest absolute Gasteiger partial charge is 0.479 e. The van der Waals surface area contributed by atoms with E-state index in [0.29, 0.717) is 0 Å². The normalized spacial score (nSPS) is 8.29. The van der Waals surface area contributed by atoms with Gasteiger partial charge >= 0.3 is 47.8 Å². The van der Waals surface area contributed by atoms with Crippen LogP contribution in [0.2, 0.25) is 0 Å². The maximum Gasteiger partial charge on any atom is 0.374 e. The van der Waals surface area contributed by atoms with Crippen LogP contribution in [0.3, 0.4) is 0 Å². The molecule has 228 valence electrons. The van der Waals surface area contributed by atoms with Crippen molar-refractivity contribution >= 4 is 53.5 Å². The van der Waals surface area contributed by atoms with Crippen molar-refractivity contribution in [3.05, 3.63) is 36.5 Å². The summed E-state index contributed by atoms with van der Waals surface area (Å²) in [5.41, 5.74) is 0.587. The Morgan fingerprint density at radius 1 is 0.439 bits per heavy atom. The van der Waals surface area contributed by atoms with Crippen LogP contribution in [0, 0.1) is 0 Å². The van der Waals surface area contributed by atoms with Crippen LogP contribution in [0.4, 0.5) is 0 Å². The summed E-state index contributed by atoms with van der Waals surface area (Å²) < 4.78 is 16.7. The maximum absolute atomic E-state index is 10.5. The first-order chi connectivity index (χ1) is 18.1. The van der Waals surface area contributed by atoms with Crippen molar-refractivity contribution in [1.29, 1.82) is 0 Å². The molecule has 0 aliphatic carbocycles. The summed E-state index contributed by atoms with van der Waals surface area (Å²) in [7, 11) is 0. The van der Waals surface area contributed by atoms with Crippen molar-refractivity contribution in [2.45, 2.75) is 27.7 Å². The van der Waals surface area contributed by atoms with Crippen LogP contribution in [0.25, 0.3) is 0 Å². The third-order valence-electron chi connectivity index (χ3n) is 2.64. The number of ketones is 1. The topological polar surface area (TPSA) is 271 Å². The van der Waals surface area contributed by atoms with Crippen molar-refractivity contribution in [1.82, 2.24) is 0 Å². The summed E-state index contributed by atoms with van der Waals surface area (Å²) in [5, 5.41) is 32.1. The van der Waals surface area contributed by atoms with Gasteiger partial charge in [-0.15, -0.1) is 0 Å². The number of esters is 4. The number of hydrogen-bond acceptors (Lipinski definition) is 13. The summed E-state index contributed by atoms with van der Waals surface area (Å²) in [6, 6.07) is 0. The minimum absolute atomic E-state index is 0. The second-order valence-corrected chi connectivity index (χ2v) is 6.78. The number of ether oxygens (including phenoxy) is 4. The molecule has 0 heterocycles. The quantitative estimate of drug-likeness (QED) is 0.0904. The molecule has 0 saturated carbocycles. The first-order valence-electron chi connectivity index (χ1n) is 10.2. The molecule has 0 spiro atoms. The summed E-state index contributed by atoms with van der Waals surface area (Å²) >= 11 is 0. The van der Waals surface area contributed by atoms with Crippen LogP contribution in [-0.2, 0) is 88.3 Å². The van der Waals surface area contributed by atoms with Gasteiger partial charge in [0.05, 0.1) is 0 Å². The van der Waals surface area contributed by atoms with E-state index in [1.165, 1.54) is 20.8 Å². The van der Waals surface area contributed by atoms with E-state index in [0.717, 1.165) is 6.92 Å². The molecule has 0 rings (SSSR count). The van der Waals surface area contributed by atoms with Gasteiger partial charge in [0.2, 0.25) is 5.78 Å². The van der Waals surface area contributed by atoms with Gasteiger partial charge in [0.15, 0.2) is 26.4 Å². The van der Waals surface area contributed by atoms with Gasteiger partial charge in [0.25, 0.3) is 0 Å². The summed E-state index contributed by atoms with van der Waals surface area (Å²) in [5.74, 6) is -8.76. The van der Waals surface area contributed by atoms with Gasteiger partial charge in [-0.05, 0) is 20.8 Å². The first kappa shape index (κ1) is 46.4. The molecule has 4 N–H and O–H groups in total. The molecule has 0 aromatic rings. The van der Waals surface area contributed by atoms with Crippen molar-refractivity contribution in [3.63, 3.8) is 0 Å². The third-order valence-corrected chi connectivity index (χ3v) is 2.64. The average molecular weight is 670 g/mol. The molecule has 0 aromatic heterocycles. The van der Waals surface area contributed by atoms with Crippen molar-refractivity contribution in [2.75, 3.05) is 26.4 Å². The standard InChI is InChI=1S/3C6H8O4.C5H6O5.Zr/c3*1-4(2)6(9)10-3-5(7)8;1-3(6)5(9)10-2-4(7)8;/h3*1,3H2,2H3,(H,7,8);2H2,1H3,(H,7,8);. The molecular formula is C23H30O17Zr. The van der Waals surface area contributed by atoms with E-state index in [4.69, 9.17) is 20.4 Å². The second kappa shape index (κ2) is 27.1. The molecule has 0 fully saturated rings. The molecule has 0 amide bonds. The van der Waals surface area contributed by atoms with E-state index in [1.807, 2.05) is 0 Å². The SMILES string of the molecule is C=C(C)C(=O)OCC(=O)O.C=C(C)C(=O)OCC(=O)O.C=C(C)C(=O)OCC(=O)O.CC(=O)C(=O)OCC(=O)O.[Zr]. The van der Waals surface area contributed by atoms with E-state index in [1.54, 1.807) is 0 Å². The molecule has 0 atom stereocenters. The monoisotopic (exact) mass is 668 g/mol. The summed E-state index contributed by atoms with van der Waals surface area (Å²) in [6.07, 6.45) is 0. The van der Waals surface area contributed by atoms with E-state index in [2.05, 4.69) is 38.7 Å². The molecule has 0 saturated heterocycles. The number of carboxylic acid groups (broad SMARTS) is 4. The molecule has 18 heteroatoms. The minimum atomic E-state index is -1.28. The van der Waals surface area contributed by atoms with Crippen molar-refractivity contribution in [3.8, 4) is 0 Å². The minimum Gasteiger partial charge on any atom is -0.479 e. The Kier molecular flexibility index (Phi) is 30.7. The zero-order valence-corrected chi connectivity index (χ0v) is 25.0. The summed E-state index contributed by atoms with van der Waals surface area (Å²) in [6.45, 7) is 12.6. The maximum atomic E-state index is 10.5. The fraction of sp³-hybridized carbons (Fsp3) is 0.348. The zero-order valence-electron chi connectivity index (χ0n) is 22.5. The first-order valence-corrected chi connectivity index (χ1v) is 10.2. The number of carbonyl (C=O) groups is 9. The molecule has 0 aliphatic heterocycles. The Labute approximate surface area is 252 Å². The Morgan fingerprint density at radius 2 is 0.610 bits per heavy atom. The molecule has 0 radical (unpaired) electrons. The molecule has 0 bridgehead atoms. The van der Waals surface area contributed by atoms with Gasteiger partial charge in [-0.1, -0.05) is 19.7 Å². The Hall–Kier alpha value is -4.47. The van der Waals surface area contributed by atoms with Gasteiger partial charge in [0.1, 0.15) is 0 Å². The van der Waals surface area contributed by atoms with Crippen LogP contribution in [0.15, 0.2) is 36.5 Å². The molecule has 0 unspecified atom stereocenters. The van der Waals surface area contributed by atoms with Gasteiger partial charge in [-0.25, -0.2) is 38.4 Å². The molecule has 41 heavy (non-hydrogen) atoms. The Morgan fingerprint density at radius 3 is 0.732 bits per heavy atom. The Balaban J connectivity index is -0.000000139. The fourth-order valence-corrected chi connectivity index (χ4v) is 0.980. The van der Waals surface area contributed by atoms with Crippen LogP contribution < -0.4 is 0 Å². The number of rotatable bonds is 12. The smallest absolute Gasteiger partial charge is 0.374 e. The number of aliphatic carboxylic acids is 4. The van der Waals surface area contributed by atoms with Crippen LogP contribution in [0.5, 0.6) is 0 Å². The number of carboxylic acids is 4. The van der Waals surface area contributed by atoms with Crippen LogP contribution >= 0.6 is 0 Å². The predicted molar refractivity (Wildman–Crippen MR) is 130 cm³/mol. The van der Waals surface area contributed by atoms with Crippen molar-refractivity contribution in [2.24, 2.45) is 0 Å². The predicted octanol–water partition coefficient (Wildman–Crippen LogP) is -0.228. The van der Waals surface area contributed by atoms with Crippen LogP contribution in [-0.4, -0.2) is 100 Å². The van der Waals surface area contributed by atoms with Gasteiger partial charge < -0.3 is 39.4 Å². The molecule has 17 nitrogen and oxygen atoms in total. The average Bonchev–Trinajstić information content (AvgIpc) is 2.83. The number of hydrogen-bond donors (Lipinski definition) is 4. The van der Waals surface area contributed by atoms with E-state index >= 15 is 0 Å². The fourth-order valence-electron chi connectivity index (χ4n) is 0.980. The second-order valence-electron chi connectivity index (χ2n) is 6.78. The van der Waals surface area contributed by atoms with Crippen molar-refractivity contribution < 1.29 is 109 Å².